The molecule has 6 aromatic carbocycles. The summed E-state index contributed by atoms with van der Waals surface area (Å²) in [6.07, 6.45) is 6.19. The Balaban J connectivity index is 1.27. The van der Waals surface area contributed by atoms with Crippen LogP contribution in [0, 0.1) is 0 Å². The summed E-state index contributed by atoms with van der Waals surface area (Å²) < 4.78 is 3.73. The van der Waals surface area contributed by atoms with E-state index in [2.05, 4.69) is 171 Å². The summed E-state index contributed by atoms with van der Waals surface area (Å²) in [5.41, 5.74) is 10.7. The summed E-state index contributed by atoms with van der Waals surface area (Å²) in [4.78, 5) is 11.8. The molecule has 9 rings (SSSR count). The molecule has 3 aromatic heterocycles. The average molecular weight is 689 g/mol. The third-order valence-electron chi connectivity index (χ3n) is 9.38. The summed E-state index contributed by atoms with van der Waals surface area (Å²) in [6.45, 7) is 6.16. The fourth-order valence-electron chi connectivity index (χ4n) is 6.89. The quantitative estimate of drug-likeness (QED) is 0.167. The third kappa shape index (κ3) is 5.79. The molecular formula is C47H32N2S2. The smallest absolute Gasteiger partial charge is 0.160 e. The van der Waals surface area contributed by atoms with Gasteiger partial charge in [-0.25, -0.2) is 9.97 Å². The van der Waals surface area contributed by atoms with E-state index < -0.39 is 0 Å². The van der Waals surface area contributed by atoms with Crippen LogP contribution in [0.2, 0.25) is 0 Å². The minimum atomic E-state index is 0.702. The van der Waals surface area contributed by atoms with Crippen molar-refractivity contribution in [2.24, 2.45) is 0 Å². The van der Waals surface area contributed by atoms with Crippen LogP contribution in [0.4, 0.5) is 0 Å². The van der Waals surface area contributed by atoms with Crippen molar-refractivity contribution in [3.05, 3.63) is 169 Å². The molecule has 51 heavy (non-hydrogen) atoms. The number of nitrogens with zero attached hydrogens (tertiary/aromatic N) is 2. The topological polar surface area (TPSA) is 25.8 Å². The molecule has 0 unspecified atom stereocenters. The van der Waals surface area contributed by atoms with Crippen molar-refractivity contribution in [3.8, 4) is 56.2 Å². The number of rotatable bonds is 7. The Morgan fingerprint density at radius 3 is 1.75 bits per heavy atom. The number of fused-ring (bicyclic) bond motifs is 4. The second kappa shape index (κ2) is 13.1. The molecule has 0 saturated carbocycles. The lowest BCUT2D eigenvalue weighted by Gasteiger charge is -2.13. The van der Waals surface area contributed by atoms with Crippen LogP contribution in [0.25, 0.3) is 98.6 Å². The van der Waals surface area contributed by atoms with E-state index >= 15 is 0 Å². The Hall–Kier alpha value is -5.94. The highest BCUT2D eigenvalue weighted by atomic mass is 32.1. The van der Waals surface area contributed by atoms with Crippen LogP contribution in [-0.4, -0.2) is 9.97 Å². The Bertz CT molecular complexity index is 2710. The van der Waals surface area contributed by atoms with Crippen molar-refractivity contribution in [1.82, 2.24) is 9.97 Å². The highest BCUT2D eigenvalue weighted by Crippen LogP contribution is 2.40. The molecule has 0 fully saturated rings. The molecule has 0 aliphatic rings. The van der Waals surface area contributed by atoms with Crippen LogP contribution >= 0.6 is 22.7 Å². The Labute approximate surface area is 305 Å². The second-order valence-electron chi connectivity index (χ2n) is 12.6. The normalized spacial score (nSPS) is 11.6. The lowest BCUT2D eigenvalue weighted by molar-refractivity contribution is 1.19. The number of allylic oxidation sites excluding steroid dienone is 1. The van der Waals surface area contributed by atoms with Gasteiger partial charge >= 0.3 is 0 Å². The van der Waals surface area contributed by atoms with Gasteiger partial charge in [0.15, 0.2) is 5.82 Å². The molecule has 0 aliphatic carbocycles. The summed E-state index contributed by atoms with van der Waals surface area (Å²) in [5.74, 6) is 0.702. The average Bonchev–Trinajstić information content (AvgIpc) is 3.75. The predicted octanol–water partition coefficient (Wildman–Crippen LogP) is 14.1. The lowest BCUT2D eigenvalue weighted by Crippen LogP contribution is -1.96. The van der Waals surface area contributed by atoms with Crippen molar-refractivity contribution in [2.45, 2.75) is 6.92 Å². The van der Waals surface area contributed by atoms with E-state index in [1.807, 2.05) is 17.4 Å². The van der Waals surface area contributed by atoms with Crippen LogP contribution < -0.4 is 0 Å². The van der Waals surface area contributed by atoms with Crippen molar-refractivity contribution < 1.29 is 0 Å². The largest absolute Gasteiger partial charge is 0.228 e. The fraction of sp³-hybridized carbons (Fsp3) is 0.0213. The van der Waals surface area contributed by atoms with Crippen molar-refractivity contribution in [1.29, 1.82) is 0 Å². The maximum absolute atomic E-state index is 5.32. The first kappa shape index (κ1) is 31.1. The van der Waals surface area contributed by atoms with Gasteiger partial charge in [0.2, 0.25) is 0 Å². The molecule has 0 saturated heterocycles. The van der Waals surface area contributed by atoms with E-state index in [1.165, 1.54) is 46.3 Å². The fourth-order valence-corrected chi connectivity index (χ4v) is 9.25. The zero-order chi connectivity index (χ0) is 34.3. The van der Waals surface area contributed by atoms with Crippen LogP contribution in [0.3, 0.4) is 0 Å². The second-order valence-corrected chi connectivity index (χ2v) is 14.8. The van der Waals surface area contributed by atoms with Gasteiger partial charge in [0.1, 0.15) is 0 Å². The molecule has 0 bridgehead atoms. The first-order chi connectivity index (χ1) is 25.1. The molecule has 0 aliphatic heterocycles. The van der Waals surface area contributed by atoms with Gasteiger partial charge in [-0.2, -0.15) is 0 Å². The van der Waals surface area contributed by atoms with Gasteiger partial charge in [0.05, 0.1) is 11.4 Å². The van der Waals surface area contributed by atoms with E-state index in [-0.39, 0.29) is 0 Å². The van der Waals surface area contributed by atoms with Crippen molar-refractivity contribution >= 4 is 65.1 Å². The van der Waals surface area contributed by atoms with Crippen LogP contribution in [0.15, 0.2) is 158 Å². The monoisotopic (exact) mass is 688 g/mol. The highest BCUT2D eigenvalue weighted by molar-refractivity contribution is 7.25. The molecule has 3 heterocycles. The molecule has 0 spiro atoms. The number of aromatic nitrogens is 2. The van der Waals surface area contributed by atoms with Gasteiger partial charge in [-0.15, -0.1) is 22.7 Å². The van der Waals surface area contributed by atoms with Gasteiger partial charge in [0.25, 0.3) is 0 Å². The summed E-state index contributed by atoms with van der Waals surface area (Å²) in [7, 11) is 0. The number of thiophene rings is 2. The van der Waals surface area contributed by atoms with E-state index in [0.29, 0.717) is 5.82 Å². The van der Waals surface area contributed by atoms with E-state index in [9.17, 15) is 0 Å². The van der Waals surface area contributed by atoms with Gasteiger partial charge in [-0.3, -0.25) is 0 Å². The molecule has 0 atom stereocenters. The van der Waals surface area contributed by atoms with Gasteiger partial charge in [-0.05, 0) is 83.3 Å². The summed E-state index contributed by atoms with van der Waals surface area (Å²) in [5, 5.41) is 3.76. The minimum Gasteiger partial charge on any atom is -0.228 e. The first-order valence-corrected chi connectivity index (χ1v) is 18.7. The number of hydrogen-bond acceptors (Lipinski definition) is 4. The standard InChI is InChI=1S/C47H32N2S2/c1-3-13-43-37(4-2)39-23-21-33(28-46(39)50-43)47-48-41(32-20-22-40-38-18-11-12-19-44(38)51-45(40)27-32)29-42(49-47)36-25-34(30-14-7-5-8-15-30)24-35(26-36)31-16-9-6-10-17-31/h3-29H,2H2,1H3/b13-3-. The molecule has 0 amide bonds. The molecule has 0 radical (unpaired) electrons. The van der Waals surface area contributed by atoms with Crippen LogP contribution in [0.1, 0.15) is 17.4 Å². The van der Waals surface area contributed by atoms with Gasteiger partial charge < -0.3 is 0 Å². The summed E-state index contributed by atoms with van der Waals surface area (Å²) in [6, 6.07) is 52.0. The Morgan fingerprint density at radius 1 is 0.471 bits per heavy atom. The predicted molar refractivity (Wildman–Crippen MR) is 222 cm³/mol. The van der Waals surface area contributed by atoms with Crippen LogP contribution in [0.5, 0.6) is 0 Å². The molecule has 9 aromatic rings. The molecular weight excluding hydrogens is 657 g/mol. The number of benzene rings is 6. The van der Waals surface area contributed by atoms with Crippen LogP contribution in [-0.2, 0) is 0 Å². The molecule has 2 nitrogen and oxygen atoms in total. The Kier molecular flexibility index (Phi) is 7.96. The highest BCUT2D eigenvalue weighted by Gasteiger charge is 2.16. The minimum absolute atomic E-state index is 0.702. The zero-order valence-electron chi connectivity index (χ0n) is 28.0. The van der Waals surface area contributed by atoms with Crippen molar-refractivity contribution in [3.63, 3.8) is 0 Å². The van der Waals surface area contributed by atoms with E-state index in [4.69, 9.17) is 9.97 Å². The van der Waals surface area contributed by atoms with E-state index in [0.717, 1.165) is 44.8 Å². The van der Waals surface area contributed by atoms with Gasteiger partial charge in [0, 0.05) is 51.8 Å². The maximum atomic E-state index is 5.32. The molecule has 242 valence electrons. The third-order valence-corrected chi connectivity index (χ3v) is 11.6. The summed E-state index contributed by atoms with van der Waals surface area (Å²) >= 11 is 3.60. The Morgan fingerprint density at radius 2 is 1.04 bits per heavy atom. The number of hydrogen-bond donors (Lipinski definition) is 0. The first-order valence-electron chi connectivity index (χ1n) is 17.0. The van der Waals surface area contributed by atoms with Gasteiger partial charge in [-0.1, -0.05) is 122 Å². The maximum Gasteiger partial charge on any atom is 0.160 e. The van der Waals surface area contributed by atoms with E-state index in [1.54, 1.807) is 11.3 Å². The molecule has 0 N–H and O–H groups in total. The van der Waals surface area contributed by atoms with Crippen molar-refractivity contribution in [2.75, 3.05) is 0 Å². The molecule has 4 heteroatoms. The SMILES string of the molecule is C=Cc1c(/C=C\C)sc2cc(-c3nc(-c4cc(-c5ccccc5)cc(-c5ccccc5)c4)cc(-c4ccc5c(c4)sc4ccccc45)n3)ccc12. The lowest BCUT2D eigenvalue weighted by atomic mass is 9.94. The zero-order valence-corrected chi connectivity index (χ0v) is 29.6.